The number of anilines is 1. The average molecular weight is 382 g/mol. The fraction of sp³-hybridized carbons (Fsp3) is 0.0526. The predicted molar refractivity (Wildman–Crippen MR) is 101 cm³/mol. The van der Waals surface area contributed by atoms with Crippen molar-refractivity contribution >= 4 is 33.7 Å². The monoisotopic (exact) mass is 381 g/mol. The van der Waals surface area contributed by atoms with Gasteiger partial charge in [0.15, 0.2) is 5.82 Å². The van der Waals surface area contributed by atoms with Crippen LogP contribution in [0.4, 0.5) is 5.82 Å². The van der Waals surface area contributed by atoms with Crippen LogP contribution in [0.25, 0.3) is 17.3 Å². The van der Waals surface area contributed by atoms with Crippen molar-refractivity contribution in [2.75, 3.05) is 5.32 Å². The van der Waals surface area contributed by atoms with Crippen molar-refractivity contribution in [3.05, 3.63) is 76.3 Å². The summed E-state index contributed by atoms with van der Waals surface area (Å²) >= 11 is 3.38. The minimum Gasteiger partial charge on any atom is -0.306 e. The Morgan fingerprint density at radius 1 is 1.12 bits per heavy atom. The summed E-state index contributed by atoms with van der Waals surface area (Å²) in [6, 6.07) is 17.6. The largest absolute Gasteiger partial charge is 0.306 e. The van der Waals surface area contributed by atoms with Crippen LogP contribution in [-0.2, 0) is 4.79 Å². The van der Waals surface area contributed by atoms with Crippen LogP contribution in [0.2, 0.25) is 0 Å². The third-order valence-electron chi connectivity index (χ3n) is 3.49. The van der Waals surface area contributed by atoms with Gasteiger partial charge in [0.2, 0.25) is 5.91 Å². The highest BCUT2D eigenvalue weighted by Crippen LogP contribution is 2.20. The third-order valence-corrected chi connectivity index (χ3v) is 4.02. The van der Waals surface area contributed by atoms with Crippen LogP contribution in [0, 0.1) is 6.92 Å². The SMILES string of the molecule is Cc1ccc(-c2cc(NC(=O)/C=C/c3ccc(Br)cc3)n[nH]2)cc1. The Morgan fingerprint density at radius 2 is 1.83 bits per heavy atom. The smallest absolute Gasteiger partial charge is 0.249 e. The molecular weight excluding hydrogens is 366 g/mol. The second-order valence-electron chi connectivity index (χ2n) is 5.41. The van der Waals surface area contributed by atoms with Gasteiger partial charge >= 0.3 is 0 Å². The van der Waals surface area contributed by atoms with E-state index in [9.17, 15) is 4.79 Å². The van der Waals surface area contributed by atoms with E-state index in [1.54, 1.807) is 6.08 Å². The number of halogens is 1. The zero-order chi connectivity index (χ0) is 16.9. The predicted octanol–water partition coefficient (Wildman–Crippen LogP) is 4.80. The van der Waals surface area contributed by atoms with Crippen LogP contribution in [0.15, 0.2) is 65.1 Å². The molecule has 24 heavy (non-hydrogen) atoms. The average Bonchev–Trinajstić information content (AvgIpc) is 3.03. The van der Waals surface area contributed by atoms with E-state index in [-0.39, 0.29) is 5.91 Å². The van der Waals surface area contributed by atoms with Crippen LogP contribution < -0.4 is 5.32 Å². The number of aromatic nitrogens is 2. The molecule has 0 saturated heterocycles. The quantitative estimate of drug-likeness (QED) is 0.637. The molecule has 0 unspecified atom stereocenters. The number of carbonyl (C=O) groups is 1. The van der Waals surface area contributed by atoms with Gasteiger partial charge in [0.25, 0.3) is 0 Å². The molecule has 0 atom stereocenters. The number of aromatic amines is 1. The van der Waals surface area contributed by atoms with Crippen LogP contribution >= 0.6 is 15.9 Å². The fourth-order valence-electron chi connectivity index (χ4n) is 2.18. The lowest BCUT2D eigenvalue weighted by atomic mass is 10.1. The van der Waals surface area contributed by atoms with Gasteiger partial charge in [0.1, 0.15) is 0 Å². The van der Waals surface area contributed by atoms with E-state index >= 15 is 0 Å². The van der Waals surface area contributed by atoms with E-state index in [1.165, 1.54) is 11.6 Å². The zero-order valence-corrected chi connectivity index (χ0v) is 14.7. The van der Waals surface area contributed by atoms with Gasteiger partial charge in [-0.1, -0.05) is 57.9 Å². The summed E-state index contributed by atoms with van der Waals surface area (Å²) in [5, 5.41) is 9.81. The van der Waals surface area contributed by atoms with Crippen molar-refractivity contribution in [1.29, 1.82) is 0 Å². The Bertz CT molecular complexity index is 864. The second-order valence-corrected chi connectivity index (χ2v) is 6.32. The number of nitrogens with one attached hydrogen (secondary N) is 2. The standard InChI is InChI=1S/C19H16BrN3O/c1-13-2-7-15(8-3-13)17-12-18(23-22-17)21-19(24)11-6-14-4-9-16(20)10-5-14/h2-12H,1H3,(H2,21,22,23,24)/b11-6+. The topological polar surface area (TPSA) is 57.8 Å². The third kappa shape index (κ3) is 4.20. The minimum absolute atomic E-state index is 0.222. The number of benzene rings is 2. The van der Waals surface area contributed by atoms with Gasteiger partial charge < -0.3 is 5.32 Å². The molecule has 1 heterocycles. The summed E-state index contributed by atoms with van der Waals surface area (Å²) in [7, 11) is 0. The van der Waals surface area contributed by atoms with E-state index < -0.39 is 0 Å². The van der Waals surface area contributed by atoms with E-state index in [2.05, 4.69) is 31.4 Å². The molecule has 0 bridgehead atoms. The van der Waals surface area contributed by atoms with Crippen LogP contribution in [0.5, 0.6) is 0 Å². The van der Waals surface area contributed by atoms with Crippen LogP contribution in [-0.4, -0.2) is 16.1 Å². The van der Waals surface area contributed by atoms with Crippen molar-refractivity contribution in [2.45, 2.75) is 6.92 Å². The van der Waals surface area contributed by atoms with Crippen molar-refractivity contribution in [3.63, 3.8) is 0 Å². The van der Waals surface area contributed by atoms with Gasteiger partial charge in [-0.05, 0) is 36.3 Å². The molecule has 0 spiro atoms. The molecular formula is C19H16BrN3O. The van der Waals surface area contributed by atoms with E-state index in [0.717, 1.165) is 21.3 Å². The minimum atomic E-state index is -0.222. The maximum atomic E-state index is 12.0. The summed E-state index contributed by atoms with van der Waals surface area (Å²) in [5.74, 6) is 0.274. The first-order valence-corrected chi connectivity index (χ1v) is 8.26. The lowest BCUT2D eigenvalue weighted by Crippen LogP contribution is -2.07. The maximum absolute atomic E-state index is 12.0. The Hall–Kier alpha value is -2.66. The maximum Gasteiger partial charge on any atom is 0.249 e. The molecule has 0 aliphatic rings. The molecule has 3 rings (SSSR count). The number of amides is 1. The number of hydrogen-bond donors (Lipinski definition) is 2. The first-order chi connectivity index (χ1) is 11.6. The molecule has 120 valence electrons. The summed E-state index contributed by atoms with van der Waals surface area (Å²) in [6.07, 6.45) is 3.25. The van der Waals surface area contributed by atoms with Gasteiger partial charge in [0.05, 0.1) is 5.69 Å². The number of hydrogen-bond acceptors (Lipinski definition) is 2. The van der Waals surface area contributed by atoms with Gasteiger partial charge in [-0.25, -0.2) is 0 Å². The molecule has 0 saturated carbocycles. The fourth-order valence-corrected chi connectivity index (χ4v) is 2.44. The molecule has 0 aliphatic carbocycles. The van der Waals surface area contributed by atoms with E-state index in [1.807, 2.05) is 61.5 Å². The number of rotatable bonds is 4. The van der Waals surface area contributed by atoms with Gasteiger partial charge in [-0.2, -0.15) is 5.10 Å². The summed E-state index contributed by atoms with van der Waals surface area (Å²) in [4.78, 5) is 12.0. The molecule has 3 aromatic rings. The Labute approximate surface area is 148 Å². The lowest BCUT2D eigenvalue weighted by Gasteiger charge is -1.97. The molecule has 2 aromatic carbocycles. The summed E-state index contributed by atoms with van der Waals surface area (Å²) < 4.78 is 1.00. The van der Waals surface area contributed by atoms with Crippen LogP contribution in [0.3, 0.4) is 0 Å². The number of aryl methyl sites for hydroxylation is 1. The molecule has 2 N–H and O–H groups in total. The first-order valence-electron chi connectivity index (χ1n) is 7.47. The number of carbonyl (C=O) groups excluding carboxylic acids is 1. The van der Waals surface area contributed by atoms with Crippen molar-refractivity contribution in [3.8, 4) is 11.3 Å². The molecule has 5 heteroatoms. The Balaban J connectivity index is 1.64. The van der Waals surface area contributed by atoms with Gasteiger partial charge in [0, 0.05) is 16.6 Å². The number of H-pyrrole nitrogens is 1. The highest BCUT2D eigenvalue weighted by atomic mass is 79.9. The molecule has 1 aromatic heterocycles. The van der Waals surface area contributed by atoms with Crippen molar-refractivity contribution in [2.24, 2.45) is 0 Å². The Kier molecular flexibility index (Phi) is 4.91. The summed E-state index contributed by atoms with van der Waals surface area (Å²) in [6.45, 7) is 2.04. The highest BCUT2D eigenvalue weighted by molar-refractivity contribution is 9.10. The molecule has 0 aliphatic heterocycles. The van der Waals surface area contributed by atoms with Crippen molar-refractivity contribution in [1.82, 2.24) is 10.2 Å². The molecule has 4 nitrogen and oxygen atoms in total. The zero-order valence-electron chi connectivity index (χ0n) is 13.1. The normalized spacial score (nSPS) is 10.9. The van der Waals surface area contributed by atoms with E-state index in [0.29, 0.717) is 5.82 Å². The highest BCUT2D eigenvalue weighted by Gasteiger charge is 2.05. The molecule has 0 radical (unpaired) electrons. The van der Waals surface area contributed by atoms with E-state index in [4.69, 9.17) is 0 Å². The lowest BCUT2D eigenvalue weighted by molar-refractivity contribution is -0.111. The molecule has 1 amide bonds. The van der Waals surface area contributed by atoms with Crippen LogP contribution in [0.1, 0.15) is 11.1 Å². The molecule has 0 fully saturated rings. The van der Waals surface area contributed by atoms with Crippen molar-refractivity contribution < 1.29 is 4.79 Å². The van der Waals surface area contributed by atoms with Gasteiger partial charge in [-0.3, -0.25) is 9.89 Å². The Morgan fingerprint density at radius 3 is 2.54 bits per heavy atom. The summed E-state index contributed by atoms with van der Waals surface area (Å²) in [5.41, 5.74) is 4.04. The van der Waals surface area contributed by atoms with Gasteiger partial charge in [-0.15, -0.1) is 0 Å². The second kappa shape index (κ2) is 7.27. The first kappa shape index (κ1) is 16.2. The number of nitrogens with zero attached hydrogens (tertiary/aromatic N) is 1.